The van der Waals surface area contributed by atoms with Gasteiger partial charge in [-0.15, -0.1) is 0 Å². The highest BCUT2D eigenvalue weighted by molar-refractivity contribution is 5.66. The summed E-state index contributed by atoms with van der Waals surface area (Å²) in [4.78, 5) is 16.3. The molecule has 0 bridgehead atoms. The Morgan fingerprint density at radius 3 is 2.58 bits per heavy atom. The van der Waals surface area contributed by atoms with Crippen molar-refractivity contribution in [1.29, 1.82) is 0 Å². The molecule has 0 atom stereocenters. The first kappa shape index (κ1) is 9.32. The summed E-state index contributed by atoms with van der Waals surface area (Å²) < 4.78 is 5.08. The van der Waals surface area contributed by atoms with E-state index in [1.165, 1.54) is 5.06 Å². The van der Waals surface area contributed by atoms with Gasteiger partial charge in [-0.1, -0.05) is 0 Å². The quantitative estimate of drug-likeness (QED) is 0.558. The first-order valence-corrected chi connectivity index (χ1v) is 4.12. The molecule has 4 heteroatoms. The molecule has 1 aliphatic rings. The fraction of sp³-hybridized carbons (Fsp3) is 0.875. The Morgan fingerprint density at radius 1 is 1.50 bits per heavy atom. The maximum Gasteiger partial charge on any atom is 0.434 e. The van der Waals surface area contributed by atoms with Crippen molar-refractivity contribution in [3.63, 3.8) is 0 Å². The Bertz CT molecular complexity index is 168. The average molecular weight is 173 g/mol. The van der Waals surface area contributed by atoms with E-state index in [2.05, 4.69) is 0 Å². The summed E-state index contributed by atoms with van der Waals surface area (Å²) in [6, 6.07) is 0. The summed E-state index contributed by atoms with van der Waals surface area (Å²) in [7, 11) is 0. The lowest BCUT2D eigenvalue weighted by Gasteiger charge is -2.22. The minimum Gasteiger partial charge on any atom is -0.442 e. The van der Waals surface area contributed by atoms with Gasteiger partial charge in [-0.3, -0.25) is 4.84 Å². The summed E-state index contributed by atoms with van der Waals surface area (Å²) >= 11 is 0. The van der Waals surface area contributed by atoms with Crippen molar-refractivity contribution < 1.29 is 14.4 Å². The molecule has 70 valence electrons. The van der Waals surface area contributed by atoms with Crippen LogP contribution in [0.5, 0.6) is 0 Å². The maximum absolute atomic E-state index is 11.2. The normalized spacial score (nSPS) is 18.1. The van der Waals surface area contributed by atoms with Crippen LogP contribution >= 0.6 is 0 Å². The van der Waals surface area contributed by atoms with Gasteiger partial charge in [0.15, 0.2) is 0 Å². The molecule has 12 heavy (non-hydrogen) atoms. The van der Waals surface area contributed by atoms with Gasteiger partial charge in [0.05, 0.1) is 13.2 Å². The van der Waals surface area contributed by atoms with Crippen LogP contribution in [0.1, 0.15) is 27.2 Å². The Hall–Kier alpha value is -0.770. The second-order valence-corrected chi connectivity index (χ2v) is 3.77. The predicted octanol–water partition coefficient (Wildman–Crippen LogP) is 1.56. The minimum atomic E-state index is -0.441. The van der Waals surface area contributed by atoms with Gasteiger partial charge in [-0.05, 0) is 27.2 Å². The SMILES string of the molecule is CC(C)(C)OC(=O)N1CCCO1. The molecule has 1 fully saturated rings. The number of hydroxylamine groups is 2. The molecule has 0 N–H and O–H groups in total. The van der Waals surface area contributed by atoms with Crippen molar-refractivity contribution in [1.82, 2.24) is 5.06 Å². The second kappa shape index (κ2) is 3.31. The van der Waals surface area contributed by atoms with Crippen molar-refractivity contribution in [3.05, 3.63) is 0 Å². The summed E-state index contributed by atoms with van der Waals surface area (Å²) in [6.45, 7) is 6.75. The molecule has 0 aromatic rings. The first-order valence-electron chi connectivity index (χ1n) is 4.12. The summed E-state index contributed by atoms with van der Waals surface area (Å²) in [6.07, 6.45) is 0.499. The lowest BCUT2D eigenvalue weighted by molar-refractivity contribution is -0.107. The van der Waals surface area contributed by atoms with Crippen LogP contribution in [0.2, 0.25) is 0 Å². The summed E-state index contributed by atoms with van der Waals surface area (Å²) in [5, 5.41) is 1.27. The molecular formula is C8H15NO3. The predicted molar refractivity (Wildman–Crippen MR) is 43.5 cm³/mol. The molecule has 1 rings (SSSR count). The average Bonchev–Trinajstić information content (AvgIpc) is 2.32. The Balaban J connectivity index is 2.37. The Kier molecular flexibility index (Phi) is 2.57. The number of carbonyl (C=O) groups excluding carboxylic acids is 1. The fourth-order valence-corrected chi connectivity index (χ4v) is 0.904. The number of hydrogen-bond donors (Lipinski definition) is 0. The molecule has 1 amide bonds. The molecule has 0 spiro atoms. The van der Waals surface area contributed by atoms with Gasteiger partial charge < -0.3 is 4.74 Å². The number of ether oxygens (including phenoxy) is 1. The first-order chi connectivity index (χ1) is 5.49. The molecular weight excluding hydrogens is 158 g/mol. The van der Waals surface area contributed by atoms with E-state index in [-0.39, 0.29) is 6.09 Å². The van der Waals surface area contributed by atoms with E-state index in [1.807, 2.05) is 20.8 Å². The second-order valence-electron chi connectivity index (χ2n) is 3.77. The molecule has 0 aromatic heterocycles. The molecule has 0 radical (unpaired) electrons. The van der Waals surface area contributed by atoms with Gasteiger partial charge in [-0.25, -0.2) is 4.79 Å². The minimum absolute atomic E-state index is 0.389. The third-order valence-corrected chi connectivity index (χ3v) is 1.35. The highest BCUT2D eigenvalue weighted by atomic mass is 16.7. The van der Waals surface area contributed by atoms with Crippen molar-refractivity contribution in [3.8, 4) is 0 Å². The van der Waals surface area contributed by atoms with E-state index >= 15 is 0 Å². The monoisotopic (exact) mass is 173 g/mol. The molecule has 0 unspecified atom stereocenters. The smallest absolute Gasteiger partial charge is 0.434 e. The Morgan fingerprint density at radius 2 is 2.17 bits per heavy atom. The van der Waals surface area contributed by atoms with E-state index in [1.54, 1.807) is 0 Å². The van der Waals surface area contributed by atoms with Crippen LogP contribution in [0.4, 0.5) is 4.79 Å². The molecule has 1 heterocycles. The molecule has 1 aliphatic heterocycles. The summed E-state index contributed by atoms with van der Waals surface area (Å²) in [5.41, 5.74) is -0.441. The van der Waals surface area contributed by atoms with Crippen LogP contribution in [0.3, 0.4) is 0 Å². The number of rotatable bonds is 0. The number of carbonyl (C=O) groups is 1. The van der Waals surface area contributed by atoms with Crippen LogP contribution in [0.15, 0.2) is 0 Å². The third-order valence-electron chi connectivity index (χ3n) is 1.35. The van der Waals surface area contributed by atoms with Crippen LogP contribution < -0.4 is 0 Å². The van der Waals surface area contributed by atoms with Gasteiger partial charge >= 0.3 is 6.09 Å². The van der Waals surface area contributed by atoms with E-state index in [0.717, 1.165) is 6.42 Å². The maximum atomic E-state index is 11.2. The zero-order valence-electron chi connectivity index (χ0n) is 7.79. The van der Waals surface area contributed by atoms with E-state index in [0.29, 0.717) is 13.2 Å². The molecule has 0 aromatic carbocycles. The van der Waals surface area contributed by atoms with Crippen molar-refractivity contribution in [2.45, 2.75) is 32.8 Å². The zero-order chi connectivity index (χ0) is 9.19. The molecule has 1 saturated heterocycles. The van der Waals surface area contributed by atoms with Crippen LogP contribution in [-0.4, -0.2) is 29.9 Å². The fourth-order valence-electron chi connectivity index (χ4n) is 0.904. The van der Waals surface area contributed by atoms with Gasteiger partial charge in [0.1, 0.15) is 5.60 Å². The van der Waals surface area contributed by atoms with Gasteiger partial charge in [0.2, 0.25) is 0 Å². The van der Waals surface area contributed by atoms with E-state index in [9.17, 15) is 4.79 Å². The summed E-state index contributed by atoms with van der Waals surface area (Å²) in [5.74, 6) is 0. The number of nitrogens with zero attached hydrogens (tertiary/aromatic N) is 1. The van der Waals surface area contributed by atoms with Gasteiger partial charge in [0.25, 0.3) is 0 Å². The number of amides is 1. The van der Waals surface area contributed by atoms with Gasteiger partial charge in [-0.2, -0.15) is 5.06 Å². The number of hydrogen-bond acceptors (Lipinski definition) is 3. The topological polar surface area (TPSA) is 38.8 Å². The van der Waals surface area contributed by atoms with Gasteiger partial charge in [0, 0.05) is 0 Å². The van der Waals surface area contributed by atoms with Crippen molar-refractivity contribution in [2.24, 2.45) is 0 Å². The molecule has 4 nitrogen and oxygen atoms in total. The molecule has 0 saturated carbocycles. The molecule has 0 aliphatic carbocycles. The lowest BCUT2D eigenvalue weighted by atomic mass is 10.2. The van der Waals surface area contributed by atoms with Crippen LogP contribution in [0, 0.1) is 0 Å². The van der Waals surface area contributed by atoms with E-state index < -0.39 is 5.60 Å². The van der Waals surface area contributed by atoms with Crippen molar-refractivity contribution >= 4 is 6.09 Å². The van der Waals surface area contributed by atoms with E-state index in [4.69, 9.17) is 9.57 Å². The highest BCUT2D eigenvalue weighted by Crippen LogP contribution is 2.12. The lowest BCUT2D eigenvalue weighted by Crippen LogP contribution is -2.34. The standard InChI is InChI=1S/C8H15NO3/c1-8(2,3)12-7(10)9-5-4-6-11-9/h4-6H2,1-3H3. The Labute approximate surface area is 72.4 Å². The van der Waals surface area contributed by atoms with Crippen molar-refractivity contribution in [2.75, 3.05) is 13.2 Å². The third kappa shape index (κ3) is 2.70. The van der Waals surface area contributed by atoms with Crippen LogP contribution in [-0.2, 0) is 9.57 Å². The largest absolute Gasteiger partial charge is 0.442 e. The van der Waals surface area contributed by atoms with Crippen LogP contribution in [0.25, 0.3) is 0 Å². The highest BCUT2D eigenvalue weighted by Gasteiger charge is 2.25. The zero-order valence-corrected chi connectivity index (χ0v) is 7.79.